The van der Waals surface area contributed by atoms with Crippen LogP contribution in [-0.2, 0) is 0 Å². The monoisotopic (exact) mass is 498 g/mol. The molecular weight excluding hydrogens is 480 g/mol. The van der Waals surface area contributed by atoms with E-state index in [1.165, 1.54) is 22.7 Å². The summed E-state index contributed by atoms with van der Waals surface area (Å²) >= 11 is 2.84. The maximum absolute atomic E-state index is 12.8. The molecule has 0 aliphatic carbocycles. The summed E-state index contributed by atoms with van der Waals surface area (Å²) in [6, 6.07) is 19.1. The van der Waals surface area contributed by atoms with Crippen LogP contribution in [0.5, 0.6) is 0 Å². The number of benzene rings is 1. The number of carbonyl (C=O) groups is 1. The predicted octanol–water partition coefficient (Wildman–Crippen LogP) is 5.28. The lowest BCUT2D eigenvalue weighted by Crippen LogP contribution is -2.12. The number of hydrogen-bond donors (Lipinski definition) is 3. The Morgan fingerprint density at radius 3 is 2.69 bits per heavy atom. The predicted molar refractivity (Wildman–Crippen MR) is 140 cm³/mol. The Morgan fingerprint density at radius 1 is 0.943 bits per heavy atom. The number of nitrogens with two attached hydrogens (primary N) is 1. The highest BCUT2D eigenvalue weighted by Gasteiger charge is 2.15. The molecule has 5 heterocycles. The lowest BCUT2D eigenvalue weighted by Gasteiger charge is -2.01. The second-order valence-electron chi connectivity index (χ2n) is 7.56. The third kappa shape index (κ3) is 4.14. The van der Waals surface area contributed by atoms with Crippen LogP contribution in [0.4, 0.5) is 21.6 Å². The lowest BCUT2D eigenvalue weighted by molar-refractivity contribution is 0.103. The fraction of sp³-hybridized carbons (Fsp3) is 0. The van der Waals surface area contributed by atoms with Crippen molar-refractivity contribution in [2.45, 2.75) is 0 Å². The highest BCUT2D eigenvalue weighted by Crippen LogP contribution is 2.33. The van der Waals surface area contributed by atoms with E-state index in [0.29, 0.717) is 16.4 Å². The molecule has 0 saturated carbocycles. The molecule has 6 rings (SSSR count). The second kappa shape index (κ2) is 8.70. The Balaban J connectivity index is 1.15. The van der Waals surface area contributed by atoms with Gasteiger partial charge in [0.2, 0.25) is 0 Å². The molecular formula is C24H18N8OS2. The van der Waals surface area contributed by atoms with Gasteiger partial charge in [0.1, 0.15) is 5.65 Å². The first-order valence-corrected chi connectivity index (χ1v) is 12.2. The highest BCUT2D eigenvalue weighted by molar-refractivity contribution is 7.20. The number of rotatable bonds is 6. The third-order valence-electron chi connectivity index (χ3n) is 5.23. The summed E-state index contributed by atoms with van der Waals surface area (Å²) in [5.74, 6) is 0.0398. The van der Waals surface area contributed by atoms with E-state index in [0.717, 1.165) is 32.0 Å². The molecule has 0 bridgehead atoms. The number of nitrogens with zero attached hydrogens (tertiary/aromatic N) is 5. The molecule has 0 aliphatic heterocycles. The van der Waals surface area contributed by atoms with E-state index in [1.807, 2.05) is 77.6 Å². The van der Waals surface area contributed by atoms with E-state index >= 15 is 0 Å². The lowest BCUT2D eigenvalue weighted by atomic mass is 10.3. The summed E-state index contributed by atoms with van der Waals surface area (Å²) in [7, 11) is 0. The number of amides is 1. The molecule has 0 saturated heterocycles. The average Bonchev–Trinajstić information content (AvgIpc) is 3.67. The van der Waals surface area contributed by atoms with Crippen LogP contribution in [0.25, 0.3) is 21.9 Å². The number of carbonyl (C=O) groups excluding carboxylic acids is 1. The van der Waals surface area contributed by atoms with Gasteiger partial charge in [0.05, 0.1) is 44.2 Å². The van der Waals surface area contributed by atoms with E-state index in [1.54, 1.807) is 16.9 Å². The van der Waals surface area contributed by atoms with Gasteiger partial charge in [-0.2, -0.15) is 0 Å². The summed E-state index contributed by atoms with van der Waals surface area (Å²) < 4.78 is 3.66. The van der Waals surface area contributed by atoms with Gasteiger partial charge in [0, 0.05) is 12.4 Å². The number of thiophene rings is 1. The number of fused-ring (bicyclic) bond motifs is 1. The van der Waals surface area contributed by atoms with Gasteiger partial charge in [-0.3, -0.25) is 9.20 Å². The number of aromatic nitrogens is 5. The number of anilines is 4. The molecule has 0 spiro atoms. The van der Waals surface area contributed by atoms with Crippen LogP contribution in [-0.4, -0.2) is 30.1 Å². The highest BCUT2D eigenvalue weighted by atomic mass is 32.1. The molecule has 1 aromatic carbocycles. The molecule has 0 unspecified atom stereocenters. The van der Waals surface area contributed by atoms with Crippen molar-refractivity contribution in [3.05, 3.63) is 90.3 Å². The van der Waals surface area contributed by atoms with Crippen LogP contribution >= 0.6 is 22.7 Å². The summed E-state index contributed by atoms with van der Waals surface area (Å²) in [5, 5.41) is 12.0. The number of nitrogens with one attached hydrogen (secondary N) is 2. The molecule has 0 atom stereocenters. The number of hydrogen-bond acceptors (Lipinski definition) is 8. The van der Waals surface area contributed by atoms with Crippen molar-refractivity contribution >= 4 is 55.9 Å². The zero-order chi connectivity index (χ0) is 23.8. The van der Waals surface area contributed by atoms with Gasteiger partial charge in [-0.1, -0.05) is 35.6 Å². The molecule has 172 valence electrons. The molecule has 1 amide bonds. The Morgan fingerprint density at radius 2 is 1.80 bits per heavy atom. The molecule has 0 radical (unpaired) electrons. The van der Waals surface area contributed by atoms with Crippen LogP contribution in [0.3, 0.4) is 0 Å². The second-order valence-corrected chi connectivity index (χ2v) is 9.67. The molecule has 35 heavy (non-hydrogen) atoms. The van der Waals surface area contributed by atoms with Crippen molar-refractivity contribution in [2.75, 3.05) is 16.4 Å². The van der Waals surface area contributed by atoms with E-state index in [-0.39, 0.29) is 5.91 Å². The fourth-order valence-corrected chi connectivity index (χ4v) is 5.27. The van der Waals surface area contributed by atoms with E-state index in [2.05, 4.69) is 25.7 Å². The van der Waals surface area contributed by atoms with Crippen LogP contribution in [0.1, 0.15) is 9.67 Å². The van der Waals surface area contributed by atoms with E-state index in [9.17, 15) is 4.79 Å². The third-order valence-corrected chi connectivity index (χ3v) is 7.17. The molecule has 5 aromatic heterocycles. The van der Waals surface area contributed by atoms with Crippen LogP contribution in [0.2, 0.25) is 0 Å². The van der Waals surface area contributed by atoms with Gasteiger partial charge >= 0.3 is 0 Å². The maximum Gasteiger partial charge on any atom is 0.267 e. The molecule has 0 fully saturated rings. The summed E-state index contributed by atoms with van der Waals surface area (Å²) in [6.45, 7) is 0. The molecule has 11 heteroatoms. The van der Waals surface area contributed by atoms with Gasteiger partial charge in [0.15, 0.2) is 10.9 Å². The van der Waals surface area contributed by atoms with Crippen molar-refractivity contribution in [2.24, 2.45) is 0 Å². The smallest absolute Gasteiger partial charge is 0.267 e. The minimum absolute atomic E-state index is 0.279. The number of pyridine rings is 1. The Kier molecular flexibility index (Phi) is 5.24. The minimum Gasteiger partial charge on any atom is -0.394 e. The van der Waals surface area contributed by atoms with E-state index in [4.69, 9.17) is 5.73 Å². The summed E-state index contributed by atoms with van der Waals surface area (Å²) in [5.41, 5.74) is 9.17. The normalized spacial score (nSPS) is 11.1. The van der Waals surface area contributed by atoms with Crippen LogP contribution < -0.4 is 16.4 Å². The zero-order valence-corrected chi connectivity index (χ0v) is 19.8. The average molecular weight is 499 g/mol. The first-order chi connectivity index (χ1) is 17.1. The zero-order valence-electron chi connectivity index (χ0n) is 18.1. The SMILES string of the molecule is Nc1cn(-c2ccccc2)nc1NC(=O)c1ccc(Nc2ncc(-c3cnc4ccccn34)s2)s1. The Bertz CT molecular complexity index is 1650. The maximum atomic E-state index is 12.8. The number of thiazole rings is 1. The van der Waals surface area contributed by atoms with Crippen LogP contribution in [0.15, 0.2) is 85.5 Å². The number of nitrogen functional groups attached to an aromatic ring is 1. The first kappa shape index (κ1) is 21.1. The Labute approximate surface area is 207 Å². The van der Waals surface area contributed by atoms with Gasteiger partial charge in [-0.15, -0.1) is 16.4 Å². The van der Waals surface area contributed by atoms with Gasteiger partial charge in [-0.25, -0.2) is 14.6 Å². The quantitative estimate of drug-likeness (QED) is 0.288. The minimum atomic E-state index is -0.279. The van der Waals surface area contributed by atoms with Crippen molar-refractivity contribution < 1.29 is 4.79 Å². The van der Waals surface area contributed by atoms with Crippen molar-refractivity contribution in [1.82, 2.24) is 24.1 Å². The van der Waals surface area contributed by atoms with E-state index < -0.39 is 0 Å². The molecule has 9 nitrogen and oxygen atoms in total. The summed E-state index contributed by atoms with van der Waals surface area (Å²) in [4.78, 5) is 23.2. The standard InChI is InChI=1S/C24H18N8OS2/c25-16-14-32(15-6-2-1-3-7-15)30-22(16)29-23(33)18-9-10-21(34-18)28-24-27-13-19(35-24)17-12-26-20-8-4-5-11-31(17)20/h1-14H,25H2,(H,27,28)(H,29,30,33). The Hall–Kier alpha value is -4.48. The molecule has 6 aromatic rings. The van der Waals surface area contributed by atoms with Gasteiger partial charge in [0.25, 0.3) is 5.91 Å². The van der Waals surface area contributed by atoms with Crippen molar-refractivity contribution in [3.8, 4) is 16.3 Å². The van der Waals surface area contributed by atoms with Crippen LogP contribution in [0, 0.1) is 0 Å². The summed E-state index contributed by atoms with van der Waals surface area (Å²) in [6.07, 6.45) is 7.31. The molecule has 0 aliphatic rings. The van der Waals surface area contributed by atoms with Gasteiger partial charge in [-0.05, 0) is 36.4 Å². The fourth-order valence-electron chi connectivity index (χ4n) is 3.56. The molecule has 4 N–H and O–H groups in total. The van der Waals surface area contributed by atoms with Crippen molar-refractivity contribution in [3.63, 3.8) is 0 Å². The topological polar surface area (TPSA) is 115 Å². The number of para-hydroxylation sites is 1. The first-order valence-electron chi connectivity index (χ1n) is 10.6. The largest absolute Gasteiger partial charge is 0.394 e. The van der Waals surface area contributed by atoms with Crippen molar-refractivity contribution in [1.29, 1.82) is 0 Å². The van der Waals surface area contributed by atoms with Gasteiger partial charge < -0.3 is 16.4 Å². The number of imidazole rings is 1.